The van der Waals surface area contributed by atoms with Crippen LogP contribution in [-0.2, 0) is 5.41 Å². The molecular weight excluding hydrogens is 701 g/mol. The first-order chi connectivity index (χ1) is 27.8. The molecule has 0 N–H and O–H groups in total. The van der Waals surface area contributed by atoms with Crippen LogP contribution in [0.4, 0.5) is 0 Å². The van der Waals surface area contributed by atoms with Crippen LogP contribution in [0, 0.1) is 0 Å². The Labute approximate surface area is 331 Å². The lowest BCUT2D eigenvalue weighted by molar-refractivity contribution is 0.102. The molecule has 57 heavy (non-hydrogen) atoms. The van der Waals surface area contributed by atoms with Gasteiger partial charge in [-0.05, 0) is 69.8 Å². The molecule has 4 nitrogen and oxygen atoms in total. The summed E-state index contributed by atoms with van der Waals surface area (Å²) in [6, 6.07) is 53.7. The quantitative estimate of drug-likeness (QED) is 0.0711. The van der Waals surface area contributed by atoms with Gasteiger partial charge in [0.2, 0.25) is 0 Å². The molecule has 0 saturated heterocycles. The van der Waals surface area contributed by atoms with Crippen molar-refractivity contribution in [3.05, 3.63) is 274 Å². The van der Waals surface area contributed by atoms with E-state index in [4.69, 9.17) is 0 Å². The number of benzene rings is 7. The molecule has 0 aliphatic heterocycles. The second-order valence-corrected chi connectivity index (χ2v) is 13.9. The summed E-state index contributed by atoms with van der Waals surface area (Å²) in [5.74, 6) is -1.09. The van der Waals surface area contributed by atoms with Gasteiger partial charge in [0, 0.05) is 44.5 Å². The molecule has 0 bridgehead atoms. The van der Waals surface area contributed by atoms with Gasteiger partial charge in [-0.25, -0.2) is 0 Å². The molecule has 0 saturated carbocycles. The van der Waals surface area contributed by atoms with Gasteiger partial charge in [0.05, 0.1) is 5.41 Å². The molecule has 1 aliphatic carbocycles. The normalized spacial score (nSPS) is 12.5. The number of hydrogen-bond acceptors (Lipinski definition) is 4. The molecule has 0 spiro atoms. The van der Waals surface area contributed by atoms with Crippen molar-refractivity contribution in [3.63, 3.8) is 0 Å². The summed E-state index contributed by atoms with van der Waals surface area (Å²) in [7, 11) is 0. The molecule has 0 amide bonds. The second kappa shape index (κ2) is 15.3. The smallest absolute Gasteiger partial charge is 0.193 e. The molecule has 0 heterocycles. The van der Waals surface area contributed by atoms with Crippen molar-refractivity contribution >= 4 is 23.1 Å². The molecule has 272 valence electrons. The zero-order chi connectivity index (χ0) is 39.5. The summed E-state index contributed by atoms with van der Waals surface area (Å²) < 4.78 is 0. The zero-order valence-corrected chi connectivity index (χ0v) is 31.0. The lowest BCUT2D eigenvalue weighted by Gasteiger charge is -2.35. The van der Waals surface area contributed by atoms with Gasteiger partial charge in [-0.15, -0.1) is 0 Å². The number of ketones is 4. The highest BCUT2D eigenvalue weighted by atomic mass is 16.1. The predicted octanol–water partition coefficient (Wildman–Crippen LogP) is 11.2. The van der Waals surface area contributed by atoms with E-state index >= 15 is 0 Å². The summed E-state index contributed by atoms with van der Waals surface area (Å²) in [5, 5.41) is 0. The maximum Gasteiger partial charge on any atom is 0.193 e. The van der Waals surface area contributed by atoms with Crippen molar-refractivity contribution < 1.29 is 19.2 Å². The van der Waals surface area contributed by atoms with E-state index in [9.17, 15) is 19.2 Å². The molecule has 4 heteroatoms. The standard InChI is InChI=1S/C53H36O4/c1-3-18-35(4-2)49(54)39-29-40(50(55)36-19-8-5-9-20-36)32-43(31-39)53(47-27-16-14-25-45(47)46-26-15-17-28-48(46)53)44-33-41(51(56)37-21-10-6-11-22-37)30-42(34-44)52(57)38-23-12-7-13-24-38/h3-34H,1-2H2/b35-18+. The fourth-order valence-electron chi connectivity index (χ4n) is 8.03. The minimum Gasteiger partial charge on any atom is -0.289 e. The van der Waals surface area contributed by atoms with E-state index in [-0.39, 0.29) is 28.7 Å². The van der Waals surface area contributed by atoms with E-state index < -0.39 is 5.41 Å². The van der Waals surface area contributed by atoms with Crippen molar-refractivity contribution in [2.24, 2.45) is 0 Å². The summed E-state index contributed by atoms with van der Waals surface area (Å²) in [6.45, 7) is 7.68. The van der Waals surface area contributed by atoms with Crippen LogP contribution in [0.5, 0.6) is 0 Å². The molecule has 0 unspecified atom stereocenters. The fraction of sp³-hybridized carbons (Fsp3) is 0.0189. The molecule has 0 radical (unpaired) electrons. The first kappa shape index (κ1) is 36.4. The van der Waals surface area contributed by atoms with Gasteiger partial charge in [0.25, 0.3) is 0 Å². The number of rotatable bonds is 12. The maximum absolute atomic E-state index is 14.4. The van der Waals surface area contributed by atoms with E-state index in [2.05, 4.69) is 25.3 Å². The number of carbonyl (C=O) groups excluding carboxylic acids is 4. The third kappa shape index (κ3) is 6.43. The summed E-state index contributed by atoms with van der Waals surface area (Å²) in [5.41, 5.74) is 6.68. The SMILES string of the molecule is C=C/C=C(\C=C)C(=O)c1cc(C(=O)c2ccccc2)cc(C2(c3cc(C(=O)c4ccccc4)cc(C(=O)c4ccccc4)c3)c3ccccc3-c3ccccc32)c1. The Morgan fingerprint density at radius 2 is 0.754 bits per heavy atom. The zero-order valence-electron chi connectivity index (χ0n) is 31.0. The summed E-state index contributed by atoms with van der Waals surface area (Å²) in [6.07, 6.45) is 4.60. The second-order valence-electron chi connectivity index (χ2n) is 13.9. The number of Topliss-reactive ketones (excluding diaryl/α,β-unsaturated/α-hetero) is 1. The molecule has 0 aromatic heterocycles. The third-order valence-corrected chi connectivity index (χ3v) is 10.6. The largest absolute Gasteiger partial charge is 0.289 e. The van der Waals surface area contributed by atoms with Gasteiger partial charge >= 0.3 is 0 Å². The topological polar surface area (TPSA) is 68.3 Å². The number of allylic oxidation sites excluding steroid dienone is 4. The molecule has 0 fully saturated rings. The minimum absolute atomic E-state index is 0.247. The lowest BCUT2D eigenvalue weighted by Crippen LogP contribution is -2.30. The molecular formula is C53H36O4. The molecule has 8 rings (SSSR count). The van der Waals surface area contributed by atoms with Gasteiger partial charge in [-0.1, -0.05) is 171 Å². The van der Waals surface area contributed by atoms with Crippen molar-refractivity contribution in [2.45, 2.75) is 5.41 Å². The van der Waals surface area contributed by atoms with Gasteiger partial charge in [-0.3, -0.25) is 19.2 Å². The predicted molar refractivity (Wildman–Crippen MR) is 226 cm³/mol. The van der Waals surface area contributed by atoms with E-state index in [1.165, 1.54) is 12.2 Å². The maximum atomic E-state index is 14.4. The molecule has 0 atom stereocenters. The van der Waals surface area contributed by atoms with E-state index in [0.29, 0.717) is 50.1 Å². The molecule has 1 aliphatic rings. The van der Waals surface area contributed by atoms with Crippen LogP contribution in [-0.4, -0.2) is 23.1 Å². The van der Waals surface area contributed by atoms with Crippen LogP contribution in [0.2, 0.25) is 0 Å². The fourth-order valence-corrected chi connectivity index (χ4v) is 8.03. The van der Waals surface area contributed by atoms with E-state index in [1.54, 1.807) is 66.7 Å². The van der Waals surface area contributed by atoms with E-state index in [1.807, 2.05) is 103 Å². The highest BCUT2D eigenvalue weighted by Crippen LogP contribution is 2.56. The monoisotopic (exact) mass is 736 g/mol. The van der Waals surface area contributed by atoms with Crippen LogP contribution in [0.1, 0.15) is 80.4 Å². The third-order valence-electron chi connectivity index (χ3n) is 10.6. The van der Waals surface area contributed by atoms with Crippen LogP contribution >= 0.6 is 0 Å². The van der Waals surface area contributed by atoms with Gasteiger partial charge in [0.1, 0.15) is 0 Å². The first-order valence-electron chi connectivity index (χ1n) is 18.6. The summed E-state index contributed by atoms with van der Waals surface area (Å²) >= 11 is 0. The molecule has 7 aromatic carbocycles. The van der Waals surface area contributed by atoms with Crippen LogP contribution < -0.4 is 0 Å². The molecule has 7 aromatic rings. The van der Waals surface area contributed by atoms with E-state index in [0.717, 1.165) is 22.3 Å². The van der Waals surface area contributed by atoms with Crippen molar-refractivity contribution in [3.8, 4) is 11.1 Å². The Balaban J connectivity index is 1.50. The Morgan fingerprint density at radius 1 is 0.404 bits per heavy atom. The number of hydrogen-bond donors (Lipinski definition) is 0. The van der Waals surface area contributed by atoms with Crippen molar-refractivity contribution in [2.75, 3.05) is 0 Å². The van der Waals surface area contributed by atoms with Crippen molar-refractivity contribution in [1.29, 1.82) is 0 Å². The average Bonchev–Trinajstić information content (AvgIpc) is 3.59. The van der Waals surface area contributed by atoms with Crippen LogP contribution in [0.3, 0.4) is 0 Å². The number of fused-ring (bicyclic) bond motifs is 3. The first-order valence-corrected chi connectivity index (χ1v) is 18.6. The van der Waals surface area contributed by atoms with Crippen molar-refractivity contribution in [1.82, 2.24) is 0 Å². The number of carbonyl (C=O) groups is 4. The lowest BCUT2D eigenvalue weighted by atomic mass is 9.66. The van der Waals surface area contributed by atoms with Gasteiger partial charge in [0.15, 0.2) is 23.1 Å². The van der Waals surface area contributed by atoms with Crippen LogP contribution in [0.15, 0.2) is 213 Å². The highest BCUT2D eigenvalue weighted by Gasteiger charge is 2.47. The van der Waals surface area contributed by atoms with Gasteiger partial charge < -0.3 is 0 Å². The van der Waals surface area contributed by atoms with Crippen LogP contribution in [0.25, 0.3) is 11.1 Å². The Hall–Kier alpha value is -7.56. The Bertz CT molecular complexity index is 2660. The Morgan fingerprint density at radius 3 is 1.14 bits per heavy atom. The average molecular weight is 737 g/mol. The summed E-state index contributed by atoms with van der Waals surface area (Å²) in [4.78, 5) is 57.7. The highest BCUT2D eigenvalue weighted by molar-refractivity contribution is 6.15. The van der Waals surface area contributed by atoms with Gasteiger partial charge in [-0.2, -0.15) is 0 Å². The Kier molecular flexibility index (Phi) is 9.77. The minimum atomic E-state index is -1.20.